The summed E-state index contributed by atoms with van der Waals surface area (Å²) in [6, 6.07) is 0. The number of rotatable bonds is 2. The molecule has 0 spiro atoms. The number of likely N-dealkylation sites (tertiary alicyclic amines) is 1. The molecule has 2 nitrogen and oxygen atoms in total. The molecule has 0 amide bonds. The highest BCUT2D eigenvalue weighted by Gasteiger charge is 2.34. The molecular formula is C14H25NO. The van der Waals surface area contributed by atoms with Crippen LogP contribution in [0.4, 0.5) is 0 Å². The minimum absolute atomic E-state index is 0.462. The first-order valence-corrected chi connectivity index (χ1v) is 6.89. The highest BCUT2D eigenvalue weighted by atomic mass is 16.3. The van der Waals surface area contributed by atoms with Gasteiger partial charge in [0, 0.05) is 13.1 Å². The Morgan fingerprint density at radius 2 is 2.00 bits per heavy atom. The first-order chi connectivity index (χ1) is 7.74. The average Bonchev–Trinajstić information content (AvgIpc) is 2.59. The second kappa shape index (κ2) is 5.33. The third-order valence-electron chi connectivity index (χ3n) is 4.27. The smallest absolute Gasteiger partial charge is 0.0881 e. The molecule has 1 aliphatic heterocycles. The van der Waals surface area contributed by atoms with Gasteiger partial charge in [-0.3, -0.25) is 0 Å². The van der Waals surface area contributed by atoms with Gasteiger partial charge >= 0.3 is 0 Å². The maximum Gasteiger partial charge on any atom is 0.0881 e. The molecule has 2 heteroatoms. The zero-order chi connectivity index (χ0) is 11.4. The molecule has 0 bridgehead atoms. The van der Waals surface area contributed by atoms with Crippen LogP contribution in [0.25, 0.3) is 0 Å². The summed E-state index contributed by atoms with van der Waals surface area (Å²) < 4.78 is 0. The quantitative estimate of drug-likeness (QED) is 0.728. The molecule has 0 unspecified atom stereocenters. The molecule has 1 aliphatic carbocycles. The van der Waals surface area contributed by atoms with E-state index >= 15 is 0 Å². The van der Waals surface area contributed by atoms with E-state index in [1.54, 1.807) is 0 Å². The summed E-state index contributed by atoms with van der Waals surface area (Å²) in [4.78, 5) is 2.44. The number of hydrogen-bond donors (Lipinski definition) is 1. The van der Waals surface area contributed by atoms with Gasteiger partial charge in [0.1, 0.15) is 0 Å². The number of piperidine rings is 1. The molecule has 0 atom stereocenters. The Hall–Kier alpha value is -0.340. The van der Waals surface area contributed by atoms with Crippen LogP contribution in [0.3, 0.4) is 0 Å². The van der Waals surface area contributed by atoms with Gasteiger partial charge in [-0.1, -0.05) is 19.4 Å². The van der Waals surface area contributed by atoms with E-state index in [0.717, 1.165) is 38.9 Å². The van der Waals surface area contributed by atoms with E-state index in [9.17, 15) is 5.11 Å². The van der Waals surface area contributed by atoms with Crippen molar-refractivity contribution in [2.75, 3.05) is 19.6 Å². The van der Waals surface area contributed by atoms with Crippen molar-refractivity contribution >= 4 is 0 Å². The molecule has 92 valence electrons. The van der Waals surface area contributed by atoms with Gasteiger partial charge < -0.3 is 10.0 Å². The SMILES string of the molecule is CCN1CCC(O)(C2=CCCCCC2)CC1. The molecule has 0 aromatic carbocycles. The van der Waals surface area contributed by atoms with Gasteiger partial charge in [0.2, 0.25) is 0 Å². The third-order valence-corrected chi connectivity index (χ3v) is 4.27. The Bertz CT molecular complexity index is 251. The van der Waals surface area contributed by atoms with Gasteiger partial charge in [-0.2, -0.15) is 0 Å². The number of aliphatic hydroxyl groups is 1. The van der Waals surface area contributed by atoms with Gasteiger partial charge in [-0.05, 0) is 50.6 Å². The van der Waals surface area contributed by atoms with Crippen LogP contribution >= 0.6 is 0 Å². The normalized spacial score (nSPS) is 27.2. The molecule has 1 N–H and O–H groups in total. The molecule has 0 aromatic heterocycles. The lowest BCUT2D eigenvalue weighted by Gasteiger charge is -2.39. The van der Waals surface area contributed by atoms with Crippen molar-refractivity contribution in [1.82, 2.24) is 4.90 Å². The monoisotopic (exact) mass is 223 g/mol. The van der Waals surface area contributed by atoms with Gasteiger partial charge in [-0.15, -0.1) is 0 Å². The van der Waals surface area contributed by atoms with Crippen molar-refractivity contribution in [1.29, 1.82) is 0 Å². The largest absolute Gasteiger partial charge is 0.385 e. The highest BCUT2D eigenvalue weighted by molar-refractivity contribution is 5.19. The van der Waals surface area contributed by atoms with E-state index < -0.39 is 5.60 Å². The summed E-state index contributed by atoms with van der Waals surface area (Å²) in [5.74, 6) is 0. The summed E-state index contributed by atoms with van der Waals surface area (Å²) in [6.07, 6.45) is 10.4. The molecule has 0 radical (unpaired) electrons. The molecule has 1 fully saturated rings. The van der Waals surface area contributed by atoms with Crippen LogP contribution in [0.1, 0.15) is 51.9 Å². The molecule has 1 heterocycles. The van der Waals surface area contributed by atoms with E-state index in [-0.39, 0.29) is 0 Å². The summed E-state index contributed by atoms with van der Waals surface area (Å²) in [5, 5.41) is 10.7. The van der Waals surface area contributed by atoms with Gasteiger partial charge in [-0.25, -0.2) is 0 Å². The van der Waals surface area contributed by atoms with Crippen LogP contribution in [0.2, 0.25) is 0 Å². The maximum absolute atomic E-state index is 10.7. The lowest BCUT2D eigenvalue weighted by atomic mass is 9.82. The third kappa shape index (κ3) is 2.67. The fraction of sp³-hybridized carbons (Fsp3) is 0.857. The van der Waals surface area contributed by atoms with Crippen molar-refractivity contribution in [2.24, 2.45) is 0 Å². The topological polar surface area (TPSA) is 23.5 Å². The fourth-order valence-corrected chi connectivity index (χ4v) is 3.00. The Morgan fingerprint density at radius 1 is 1.25 bits per heavy atom. The van der Waals surface area contributed by atoms with Crippen molar-refractivity contribution in [3.05, 3.63) is 11.6 Å². The minimum Gasteiger partial charge on any atom is -0.385 e. The Balaban J connectivity index is 1.99. The second-order valence-corrected chi connectivity index (χ2v) is 5.29. The predicted octanol–water partition coefficient (Wildman–Crippen LogP) is 2.72. The average molecular weight is 223 g/mol. The summed E-state index contributed by atoms with van der Waals surface area (Å²) in [6.45, 7) is 5.44. The zero-order valence-electron chi connectivity index (χ0n) is 10.5. The van der Waals surface area contributed by atoms with Crippen LogP contribution in [0.15, 0.2) is 11.6 Å². The lowest BCUT2D eigenvalue weighted by Crippen LogP contribution is -2.45. The first kappa shape index (κ1) is 12.1. The lowest BCUT2D eigenvalue weighted by molar-refractivity contribution is 0.00814. The molecular weight excluding hydrogens is 198 g/mol. The Labute approximate surface area is 99.3 Å². The molecule has 16 heavy (non-hydrogen) atoms. The summed E-state index contributed by atoms with van der Waals surface area (Å²) >= 11 is 0. The van der Waals surface area contributed by atoms with Gasteiger partial charge in [0.05, 0.1) is 5.60 Å². The first-order valence-electron chi connectivity index (χ1n) is 6.89. The molecule has 0 saturated carbocycles. The summed E-state index contributed by atoms with van der Waals surface area (Å²) in [5.41, 5.74) is 0.886. The van der Waals surface area contributed by atoms with Crippen LogP contribution < -0.4 is 0 Å². The Morgan fingerprint density at radius 3 is 2.69 bits per heavy atom. The number of nitrogens with zero attached hydrogens (tertiary/aromatic N) is 1. The minimum atomic E-state index is -0.462. The van der Waals surface area contributed by atoms with Gasteiger partial charge in [0.15, 0.2) is 0 Å². The van der Waals surface area contributed by atoms with E-state index in [1.807, 2.05) is 0 Å². The standard InChI is InChI=1S/C14H25NO/c1-2-15-11-9-14(16,10-12-15)13-7-5-3-4-6-8-13/h7,16H,2-6,8-12H2,1H3. The van der Waals surface area contributed by atoms with Crippen molar-refractivity contribution in [2.45, 2.75) is 57.5 Å². The molecule has 2 rings (SSSR count). The van der Waals surface area contributed by atoms with E-state index in [1.165, 1.54) is 31.3 Å². The molecule has 0 aromatic rings. The predicted molar refractivity (Wildman–Crippen MR) is 67.5 cm³/mol. The molecule has 2 aliphatic rings. The van der Waals surface area contributed by atoms with E-state index in [4.69, 9.17) is 0 Å². The van der Waals surface area contributed by atoms with Crippen molar-refractivity contribution < 1.29 is 5.11 Å². The van der Waals surface area contributed by atoms with Crippen molar-refractivity contribution in [3.8, 4) is 0 Å². The van der Waals surface area contributed by atoms with Crippen molar-refractivity contribution in [3.63, 3.8) is 0 Å². The van der Waals surface area contributed by atoms with Crippen LogP contribution in [-0.2, 0) is 0 Å². The van der Waals surface area contributed by atoms with Crippen LogP contribution in [0.5, 0.6) is 0 Å². The number of hydrogen-bond acceptors (Lipinski definition) is 2. The second-order valence-electron chi connectivity index (χ2n) is 5.29. The van der Waals surface area contributed by atoms with E-state index in [2.05, 4.69) is 17.9 Å². The summed E-state index contributed by atoms with van der Waals surface area (Å²) in [7, 11) is 0. The van der Waals surface area contributed by atoms with Gasteiger partial charge in [0.25, 0.3) is 0 Å². The van der Waals surface area contributed by atoms with Crippen LogP contribution in [-0.4, -0.2) is 35.2 Å². The van der Waals surface area contributed by atoms with E-state index in [0.29, 0.717) is 0 Å². The molecule has 1 saturated heterocycles. The zero-order valence-corrected chi connectivity index (χ0v) is 10.5. The van der Waals surface area contributed by atoms with Crippen LogP contribution in [0, 0.1) is 0 Å². The fourth-order valence-electron chi connectivity index (χ4n) is 3.00. The number of allylic oxidation sites excluding steroid dienone is 1. The maximum atomic E-state index is 10.7. The Kier molecular flexibility index (Phi) is 4.04. The highest BCUT2D eigenvalue weighted by Crippen LogP contribution is 2.34.